The number of hydrogen-bond acceptors (Lipinski definition) is 8. The van der Waals surface area contributed by atoms with Crippen molar-refractivity contribution in [3.63, 3.8) is 0 Å². The van der Waals surface area contributed by atoms with Crippen LogP contribution in [0, 0.1) is 0 Å². The maximum absolute atomic E-state index is 12.1. The lowest BCUT2D eigenvalue weighted by atomic mass is 10.2. The molecule has 2 heterocycles. The van der Waals surface area contributed by atoms with Gasteiger partial charge < -0.3 is 20.3 Å². The van der Waals surface area contributed by atoms with Crippen molar-refractivity contribution in [2.45, 2.75) is 4.90 Å². The van der Waals surface area contributed by atoms with Crippen LogP contribution >= 0.6 is 15.9 Å². The van der Waals surface area contributed by atoms with Gasteiger partial charge >= 0.3 is 0 Å². The van der Waals surface area contributed by atoms with Gasteiger partial charge in [0, 0.05) is 31.3 Å². The molecule has 0 saturated carbocycles. The second-order valence-corrected chi connectivity index (χ2v) is 9.70. The molecule has 0 radical (unpaired) electrons. The molecule has 156 valence electrons. The third-order valence-corrected chi connectivity index (χ3v) is 6.33. The molecule has 30 heavy (non-hydrogen) atoms. The molecule has 0 amide bonds. The number of rotatable bonds is 5. The summed E-state index contributed by atoms with van der Waals surface area (Å²) in [5.41, 5.74) is 2.26. The highest BCUT2D eigenvalue weighted by molar-refractivity contribution is 9.10. The van der Waals surface area contributed by atoms with E-state index in [9.17, 15) is 8.42 Å². The number of nitrogens with one attached hydrogen (secondary N) is 2. The Balaban J connectivity index is 1.61. The van der Waals surface area contributed by atoms with Crippen LogP contribution in [0.25, 0.3) is 0 Å². The zero-order chi connectivity index (χ0) is 21.3. The Morgan fingerprint density at radius 3 is 2.77 bits per heavy atom. The first-order chi connectivity index (χ1) is 14.3. The van der Waals surface area contributed by atoms with Crippen molar-refractivity contribution >= 4 is 54.6 Å². The van der Waals surface area contributed by atoms with E-state index >= 15 is 0 Å². The van der Waals surface area contributed by atoms with E-state index in [2.05, 4.69) is 41.4 Å². The van der Waals surface area contributed by atoms with Crippen LogP contribution in [0.4, 0.5) is 28.8 Å². The number of nitrogens with zero attached hydrogens (tertiary/aromatic N) is 3. The summed E-state index contributed by atoms with van der Waals surface area (Å²) < 4.78 is 30.5. The summed E-state index contributed by atoms with van der Waals surface area (Å²) in [5.74, 6) is 1.60. The summed E-state index contributed by atoms with van der Waals surface area (Å²) in [5, 5.41) is 6.25. The molecular weight excluding hydrogens is 470 g/mol. The molecule has 3 aromatic rings. The van der Waals surface area contributed by atoms with E-state index in [4.69, 9.17) is 4.74 Å². The van der Waals surface area contributed by atoms with E-state index < -0.39 is 9.84 Å². The van der Waals surface area contributed by atoms with Gasteiger partial charge in [-0.25, -0.2) is 13.4 Å². The quantitative estimate of drug-likeness (QED) is 0.555. The Labute approximate surface area is 183 Å². The SMILES string of the molecule is CN1CCOc2cc(Nc3ncc(Br)c(Nc4ccccc4S(C)(=O)=O)n3)ccc21. The normalized spacial score (nSPS) is 13.4. The van der Waals surface area contributed by atoms with Crippen molar-refractivity contribution in [2.75, 3.05) is 42.0 Å². The summed E-state index contributed by atoms with van der Waals surface area (Å²) >= 11 is 3.41. The van der Waals surface area contributed by atoms with Crippen LogP contribution in [0.5, 0.6) is 5.75 Å². The largest absolute Gasteiger partial charge is 0.489 e. The fourth-order valence-corrected chi connectivity index (χ4v) is 4.24. The molecule has 2 N–H and O–H groups in total. The van der Waals surface area contributed by atoms with Gasteiger partial charge in [0.1, 0.15) is 18.2 Å². The maximum atomic E-state index is 12.1. The first kappa shape index (κ1) is 20.4. The van der Waals surface area contributed by atoms with E-state index in [1.165, 1.54) is 6.26 Å². The standard InChI is InChI=1S/C20H20BrN5O3S/c1-26-9-10-29-17-11-13(7-8-16(17)26)23-20-22-12-14(21)19(25-20)24-15-5-3-4-6-18(15)30(2,27)28/h3-8,11-12H,9-10H2,1-2H3,(H2,22,23,24,25). The molecule has 0 unspecified atom stereocenters. The van der Waals surface area contributed by atoms with Crippen LogP contribution in [0.2, 0.25) is 0 Å². The third-order valence-electron chi connectivity index (χ3n) is 4.60. The Kier molecular flexibility index (Phi) is 5.52. The van der Waals surface area contributed by atoms with Gasteiger partial charge in [-0.3, -0.25) is 0 Å². The first-order valence-corrected chi connectivity index (χ1v) is 11.8. The number of para-hydroxylation sites is 1. The molecule has 8 nitrogen and oxygen atoms in total. The molecule has 10 heteroatoms. The molecule has 4 rings (SSSR count). The number of anilines is 5. The first-order valence-electron chi connectivity index (χ1n) is 9.15. The molecule has 0 atom stereocenters. The van der Waals surface area contributed by atoms with Crippen LogP contribution in [-0.2, 0) is 9.84 Å². The molecule has 0 aliphatic carbocycles. The van der Waals surface area contributed by atoms with Crippen LogP contribution in [0.15, 0.2) is 58.0 Å². The van der Waals surface area contributed by atoms with Gasteiger partial charge in [0.15, 0.2) is 9.84 Å². The number of benzene rings is 2. The minimum Gasteiger partial charge on any atom is -0.489 e. The number of hydrogen-bond donors (Lipinski definition) is 2. The van der Waals surface area contributed by atoms with Gasteiger partial charge in [0.05, 0.1) is 27.3 Å². The number of sulfone groups is 1. The monoisotopic (exact) mass is 489 g/mol. The van der Waals surface area contributed by atoms with Gasteiger partial charge in [-0.1, -0.05) is 12.1 Å². The molecule has 0 spiro atoms. The van der Waals surface area contributed by atoms with E-state index in [0.717, 1.165) is 23.7 Å². The van der Waals surface area contributed by atoms with Gasteiger partial charge in [-0.2, -0.15) is 4.98 Å². The lowest BCUT2D eigenvalue weighted by Gasteiger charge is -2.28. The third kappa shape index (κ3) is 4.34. The van der Waals surface area contributed by atoms with Crippen LogP contribution < -0.4 is 20.3 Å². The van der Waals surface area contributed by atoms with Gasteiger partial charge in [-0.05, 0) is 40.2 Å². The fraction of sp³-hybridized carbons (Fsp3) is 0.200. The van der Waals surface area contributed by atoms with E-state index in [1.54, 1.807) is 30.5 Å². The van der Waals surface area contributed by atoms with Crippen molar-refractivity contribution in [2.24, 2.45) is 0 Å². The number of ether oxygens (including phenoxy) is 1. The van der Waals surface area contributed by atoms with Crippen LogP contribution in [0.3, 0.4) is 0 Å². The van der Waals surface area contributed by atoms with E-state index in [1.807, 2.05) is 25.2 Å². The summed E-state index contributed by atoms with van der Waals surface area (Å²) in [6, 6.07) is 12.5. The number of likely N-dealkylation sites (N-methyl/N-ethyl adjacent to an activating group) is 1. The Morgan fingerprint density at radius 1 is 1.17 bits per heavy atom. The average Bonchev–Trinajstić information content (AvgIpc) is 2.70. The van der Waals surface area contributed by atoms with Crippen LogP contribution in [-0.4, -0.2) is 44.8 Å². The molecular formula is C20H20BrN5O3S. The Hall–Kier alpha value is -2.85. The predicted molar refractivity (Wildman–Crippen MR) is 121 cm³/mol. The van der Waals surface area contributed by atoms with Crippen molar-refractivity contribution in [3.8, 4) is 5.75 Å². The molecule has 1 aromatic heterocycles. The molecule has 0 bridgehead atoms. The summed E-state index contributed by atoms with van der Waals surface area (Å²) in [4.78, 5) is 11.1. The molecule has 0 fully saturated rings. The highest BCUT2D eigenvalue weighted by Gasteiger charge is 2.17. The maximum Gasteiger partial charge on any atom is 0.229 e. The van der Waals surface area contributed by atoms with E-state index in [0.29, 0.717) is 28.5 Å². The van der Waals surface area contributed by atoms with Crippen molar-refractivity contribution in [3.05, 3.63) is 53.1 Å². The minimum absolute atomic E-state index is 0.195. The predicted octanol–water partition coefficient (Wildman–Crippen LogP) is 3.96. The Bertz CT molecular complexity index is 1200. The topological polar surface area (TPSA) is 96.5 Å². The molecule has 1 aliphatic rings. The smallest absolute Gasteiger partial charge is 0.229 e. The molecule has 2 aromatic carbocycles. The zero-order valence-electron chi connectivity index (χ0n) is 16.4. The summed E-state index contributed by atoms with van der Waals surface area (Å²) in [7, 11) is -1.37. The number of halogens is 1. The second-order valence-electron chi connectivity index (χ2n) is 6.86. The summed E-state index contributed by atoms with van der Waals surface area (Å²) in [6.45, 7) is 1.48. The van der Waals surface area contributed by atoms with Crippen molar-refractivity contribution in [1.82, 2.24) is 9.97 Å². The molecule has 1 aliphatic heterocycles. The lowest BCUT2D eigenvalue weighted by molar-refractivity contribution is 0.311. The van der Waals surface area contributed by atoms with Crippen LogP contribution in [0.1, 0.15) is 0 Å². The fourth-order valence-electron chi connectivity index (χ4n) is 3.10. The number of fused-ring (bicyclic) bond motifs is 1. The summed E-state index contributed by atoms with van der Waals surface area (Å²) in [6.07, 6.45) is 2.77. The van der Waals surface area contributed by atoms with Gasteiger partial charge in [0.25, 0.3) is 0 Å². The van der Waals surface area contributed by atoms with Crippen molar-refractivity contribution < 1.29 is 13.2 Å². The van der Waals surface area contributed by atoms with E-state index in [-0.39, 0.29) is 4.90 Å². The molecule has 0 saturated heterocycles. The highest BCUT2D eigenvalue weighted by atomic mass is 79.9. The Morgan fingerprint density at radius 2 is 1.97 bits per heavy atom. The highest BCUT2D eigenvalue weighted by Crippen LogP contribution is 2.34. The second kappa shape index (κ2) is 8.11. The zero-order valence-corrected chi connectivity index (χ0v) is 18.8. The average molecular weight is 490 g/mol. The van der Waals surface area contributed by atoms with Crippen molar-refractivity contribution in [1.29, 1.82) is 0 Å². The minimum atomic E-state index is -3.39. The number of aromatic nitrogens is 2. The van der Waals surface area contributed by atoms with Gasteiger partial charge in [-0.15, -0.1) is 0 Å². The lowest BCUT2D eigenvalue weighted by Crippen LogP contribution is -2.28. The van der Waals surface area contributed by atoms with Gasteiger partial charge in [0.2, 0.25) is 5.95 Å².